The average molecular weight is 407 g/mol. The van der Waals surface area contributed by atoms with Gasteiger partial charge in [-0.05, 0) is 43.0 Å². The number of aromatic nitrogens is 3. The molecule has 1 N–H and O–H groups in total. The quantitative estimate of drug-likeness (QED) is 0.714. The number of hydrogen-bond donors (Lipinski definition) is 1. The summed E-state index contributed by atoms with van der Waals surface area (Å²) >= 11 is 0. The van der Waals surface area contributed by atoms with Crippen LogP contribution in [0, 0.1) is 0 Å². The van der Waals surface area contributed by atoms with Crippen molar-refractivity contribution in [2.75, 3.05) is 25.1 Å². The predicted molar refractivity (Wildman–Crippen MR) is 113 cm³/mol. The zero-order valence-electron chi connectivity index (χ0n) is 17.0. The van der Waals surface area contributed by atoms with Crippen LogP contribution in [-0.4, -0.2) is 58.2 Å². The molecule has 0 bridgehead atoms. The molecule has 1 amide bonds. The maximum atomic E-state index is 12.9. The highest BCUT2D eigenvalue weighted by Gasteiger charge is 2.43. The normalized spacial score (nSPS) is 21.0. The molecule has 0 radical (unpaired) electrons. The Morgan fingerprint density at radius 3 is 2.83 bits per heavy atom. The first-order valence-corrected chi connectivity index (χ1v) is 10.4. The Morgan fingerprint density at radius 2 is 2.00 bits per heavy atom. The largest absolute Gasteiger partial charge is 0.497 e. The second-order valence-electron chi connectivity index (χ2n) is 7.79. The first-order valence-electron chi connectivity index (χ1n) is 10.4. The number of piperidine rings is 1. The number of methoxy groups -OCH3 is 1. The summed E-state index contributed by atoms with van der Waals surface area (Å²) in [7, 11) is 1.63. The SMILES string of the molecule is COc1ccc(COC(=O)N2CCCC3C2CCN3c2ncnc3[nH]ccc23)cc1. The number of nitrogens with one attached hydrogen (secondary N) is 1. The zero-order valence-corrected chi connectivity index (χ0v) is 17.0. The van der Waals surface area contributed by atoms with Crippen molar-refractivity contribution < 1.29 is 14.3 Å². The topological polar surface area (TPSA) is 83.6 Å². The van der Waals surface area contributed by atoms with Crippen LogP contribution in [0.5, 0.6) is 5.75 Å². The number of carbonyl (C=O) groups excluding carboxylic acids is 1. The molecule has 1 aromatic carbocycles. The maximum absolute atomic E-state index is 12.9. The molecule has 2 fully saturated rings. The van der Waals surface area contributed by atoms with Crippen molar-refractivity contribution in [3.05, 3.63) is 48.4 Å². The van der Waals surface area contributed by atoms with E-state index in [2.05, 4.69) is 19.9 Å². The number of likely N-dealkylation sites (tertiary alicyclic amines) is 1. The zero-order chi connectivity index (χ0) is 20.5. The lowest BCUT2D eigenvalue weighted by atomic mass is 9.97. The fourth-order valence-electron chi connectivity index (χ4n) is 4.71. The Kier molecular flexibility index (Phi) is 4.90. The number of rotatable bonds is 4. The summed E-state index contributed by atoms with van der Waals surface area (Å²) in [5.74, 6) is 1.73. The van der Waals surface area contributed by atoms with Gasteiger partial charge in [-0.15, -0.1) is 0 Å². The fraction of sp³-hybridized carbons (Fsp3) is 0.409. The number of fused-ring (bicyclic) bond motifs is 2. The number of benzene rings is 1. The molecule has 2 aliphatic rings. The van der Waals surface area contributed by atoms with E-state index in [1.165, 1.54) is 0 Å². The van der Waals surface area contributed by atoms with Crippen molar-refractivity contribution in [1.82, 2.24) is 19.9 Å². The van der Waals surface area contributed by atoms with Gasteiger partial charge in [0.1, 0.15) is 30.1 Å². The summed E-state index contributed by atoms with van der Waals surface area (Å²) in [5, 5.41) is 1.03. The molecule has 2 unspecified atom stereocenters. The van der Waals surface area contributed by atoms with Crippen molar-refractivity contribution in [2.45, 2.75) is 38.0 Å². The second-order valence-corrected chi connectivity index (χ2v) is 7.79. The van der Waals surface area contributed by atoms with E-state index in [0.717, 1.165) is 60.5 Å². The lowest BCUT2D eigenvalue weighted by Crippen LogP contribution is -2.52. The monoisotopic (exact) mass is 407 g/mol. The van der Waals surface area contributed by atoms with Gasteiger partial charge in [0.05, 0.1) is 24.6 Å². The van der Waals surface area contributed by atoms with Crippen LogP contribution >= 0.6 is 0 Å². The summed E-state index contributed by atoms with van der Waals surface area (Å²) < 4.78 is 10.8. The smallest absolute Gasteiger partial charge is 0.410 e. The van der Waals surface area contributed by atoms with Gasteiger partial charge >= 0.3 is 6.09 Å². The van der Waals surface area contributed by atoms with Crippen LogP contribution < -0.4 is 9.64 Å². The van der Waals surface area contributed by atoms with E-state index in [1.54, 1.807) is 13.4 Å². The molecular weight excluding hydrogens is 382 g/mol. The Balaban J connectivity index is 1.28. The van der Waals surface area contributed by atoms with E-state index >= 15 is 0 Å². The van der Waals surface area contributed by atoms with Gasteiger partial charge in [-0.3, -0.25) is 0 Å². The van der Waals surface area contributed by atoms with E-state index in [4.69, 9.17) is 9.47 Å². The van der Waals surface area contributed by atoms with Crippen molar-refractivity contribution in [3.8, 4) is 5.75 Å². The number of amides is 1. The number of carbonyl (C=O) groups is 1. The third kappa shape index (κ3) is 3.32. The van der Waals surface area contributed by atoms with E-state index in [0.29, 0.717) is 0 Å². The average Bonchev–Trinajstić information content (AvgIpc) is 3.44. The molecule has 0 aliphatic carbocycles. The summed E-state index contributed by atoms with van der Waals surface area (Å²) in [5.41, 5.74) is 1.79. The summed E-state index contributed by atoms with van der Waals surface area (Å²) in [6.45, 7) is 1.87. The number of hydrogen-bond acceptors (Lipinski definition) is 6. The molecule has 0 spiro atoms. The number of ether oxygens (including phenoxy) is 2. The maximum Gasteiger partial charge on any atom is 0.410 e. The molecule has 30 heavy (non-hydrogen) atoms. The van der Waals surface area contributed by atoms with Gasteiger partial charge in [-0.1, -0.05) is 12.1 Å². The van der Waals surface area contributed by atoms with Gasteiger partial charge in [0, 0.05) is 19.3 Å². The van der Waals surface area contributed by atoms with E-state index in [1.807, 2.05) is 41.4 Å². The first kappa shape index (κ1) is 18.7. The Morgan fingerprint density at radius 1 is 1.13 bits per heavy atom. The standard InChI is InChI=1S/C22H25N5O3/c1-29-16-6-4-15(5-7-16)13-30-22(28)27-11-2-3-18-19(27)9-12-26(18)21-17-8-10-23-20(17)24-14-25-21/h4-8,10,14,18-19H,2-3,9,11-13H2,1H3,(H,23,24,25). The van der Waals surface area contributed by atoms with Crippen LogP contribution in [0.25, 0.3) is 11.0 Å². The summed E-state index contributed by atoms with van der Waals surface area (Å²) in [6, 6.07) is 9.99. The van der Waals surface area contributed by atoms with Gasteiger partial charge in [-0.2, -0.15) is 0 Å². The molecule has 2 saturated heterocycles. The van der Waals surface area contributed by atoms with E-state index < -0.39 is 0 Å². The van der Waals surface area contributed by atoms with Crippen molar-refractivity contribution in [3.63, 3.8) is 0 Å². The van der Waals surface area contributed by atoms with Crippen LogP contribution in [0.3, 0.4) is 0 Å². The van der Waals surface area contributed by atoms with Gasteiger partial charge in [0.15, 0.2) is 0 Å². The van der Waals surface area contributed by atoms with Crippen LogP contribution in [-0.2, 0) is 11.3 Å². The van der Waals surface area contributed by atoms with Gasteiger partial charge in [0.25, 0.3) is 0 Å². The van der Waals surface area contributed by atoms with E-state index in [9.17, 15) is 4.79 Å². The van der Waals surface area contributed by atoms with Crippen molar-refractivity contribution in [2.24, 2.45) is 0 Å². The van der Waals surface area contributed by atoms with Gasteiger partial charge in [-0.25, -0.2) is 14.8 Å². The molecule has 156 valence electrons. The third-order valence-corrected chi connectivity index (χ3v) is 6.17. The molecule has 8 nitrogen and oxygen atoms in total. The van der Waals surface area contributed by atoms with Gasteiger partial charge in [0.2, 0.25) is 0 Å². The molecule has 4 heterocycles. The highest BCUT2D eigenvalue weighted by molar-refractivity contribution is 5.87. The second kappa shape index (κ2) is 7.85. The minimum atomic E-state index is -0.239. The number of aromatic amines is 1. The van der Waals surface area contributed by atoms with Crippen LogP contribution in [0.1, 0.15) is 24.8 Å². The molecule has 2 aliphatic heterocycles. The Labute approximate surface area is 174 Å². The van der Waals surface area contributed by atoms with E-state index in [-0.39, 0.29) is 24.8 Å². The molecule has 2 atom stereocenters. The molecule has 5 rings (SSSR count). The highest BCUT2D eigenvalue weighted by atomic mass is 16.6. The minimum Gasteiger partial charge on any atom is -0.497 e. The molecule has 2 aromatic heterocycles. The van der Waals surface area contributed by atoms with Crippen LogP contribution in [0.15, 0.2) is 42.9 Å². The van der Waals surface area contributed by atoms with Crippen LogP contribution in [0.4, 0.5) is 10.6 Å². The van der Waals surface area contributed by atoms with Crippen molar-refractivity contribution >= 4 is 22.9 Å². The Bertz CT molecular complexity index is 1030. The number of H-pyrrole nitrogens is 1. The lowest BCUT2D eigenvalue weighted by Gasteiger charge is -2.39. The fourth-order valence-corrected chi connectivity index (χ4v) is 4.71. The van der Waals surface area contributed by atoms with Crippen LogP contribution in [0.2, 0.25) is 0 Å². The predicted octanol–water partition coefficient (Wildman–Crippen LogP) is 3.35. The minimum absolute atomic E-state index is 0.145. The number of nitrogens with zero attached hydrogens (tertiary/aromatic N) is 4. The highest BCUT2D eigenvalue weighted by Crippen LogP contribution is 2.36. The summed E-state index contributed by atoms with van der Waals surface area (Å²) in [6.07, 6.45) is 6.17. The molecule has 0 saturated carbocycles. The van der Waals surface area contributed by atoms with Gasteiger partial charge < -0.3 is 24.3 Å². The van der Waals surface area contributed by atoms with Crippen molar-refractivity contribution in [1.29, 1.82) is 0 Å². The lowest BCUT2D eigenvalue weighted by molar-refractivity contribution is 0.0673. The molecule has 3 aromatic rings. The molecular formula is C22H25N5O3. The third-order valence-electron chi connectivity index (χ3n) is 6.17. The first-order chi connectivity index (χ1) is 14.7. The summed E-state index contributed by atoms with van der Waals surface area (Å²) in [4.78, 5) is 29.1. The number of anilines is 1. The molecule has 8 heteroatoms. The Hall–Kier alpha value is -3.29.